The molecule has 1 fully saturated rings. The van der Waals surface area contributed by atoms with Crippen molar-refractivity contribution in [2.75, 3.05) is 13.1 Å². The molecule has 1 aromatic carbocycles. The van der Waals surface area contributed by atoms with E-state index in [-0.39, 0.29) is 11.8 Å². The van der Waals surface area contributed by atoms with E-state index >= 15 is 0 Å². The summed E-state index contributed by atoms with van der Waals surface area (Å²) in [6.07, 6.45) is 6.51. The van der Waals surface area contributed by atoms with Gasteiger partial charge in [0.2, 0.25) is 5.91 Å². The van der Waals surface area contributed by atoms with Gasteiger partial charge in [0.25, 0.3) is 0 Å². The van der Waals surface area contributed by atoms with Crippen molar-refractivity contribution in [2.45, 2.75) is 45.6 Å². The maximum atomic E-state index is 12.7. The van der Waals surface area contributed by atoms with Crippen molar-refractivity contribution in [3.05, 3.63) is 59.8 Å². The highest BCUT2D eigenvalue weighted by atomic mass is 16.3. The lowest BCUT2D eigenvalue weighted by atomic mass is 9.97. The number of benzene rings is 1. The topological polar surface area (TPSA) is 51.3 Å². The van der Waals surface area contributed by atoms with E-state index in [1.54, 1.807) is 12.2 Å². The van der Waals surface area contributed by atoms with Gasteiger partial charge in [-0.05, 0) is 56.5 Å². The predicted octanol–water partition coefficient (Wildman–Crippen LogP) is 4.77. The number of aryl methyl sites for hydroxylation is 2. The molecule has 1 aliphatic heterocycles. The number of furan rings is 1. The van der Waals surface area contributed by atoms with E-state index in [4.69, 9.17) is 9.40 Å². The van der Waals surface area contributed by atoms with E-state index in [1.807, 2.05) is 30.0 Å². The number of aromatic nitrogens is 2. The number of carbonyl (C=O) groups excluding carboxylic acids is 1. The molecule has 28 heavy (non-hydrogen) atoms. The maximum absolute atomic E-state index is 12.7. The molecule has 0 aliphatic carbocycles. The molecule has 1 saturated heterocycles. The lowest BCUT2D eigenvalue weighted by Gasteiger charge is -2.32. The Kier molecular flexibility index (Phi) is 5.33. The number of amides is 1. The van der Waals surface area contributed by atoms with Crippen molar-refractivity contribution in [3.8, 4) is 0 Å². The van der Waals surface area contributed by atoms with E-state index < -0.39 is 0 Å². The van der Waals surface area contributed by atoms with Gasteiger partial charge in [-0.1, -0.05) is 19.1 Å². The Morgan fingerprint density at radius 1 is 1.29 bits per heavy atom. The van der Waals surface area contributed by atoms with E-state index in [0.29, 0.717) is 12.3 Å². The summed E-state index contributed by atoms with van der Waals surface area (Å²) in [5.41, 5.74) is 2.23. The fourth-order valence-electron chi connectivity index (χ4n) is 4.05. The second-order valence-electron chi connectivity index (χ2n) is 7.52. The normalized spacial score (nSPS) is 17.6. The number of para-hydroxylation sites is 2. The SMILES string of the molecule is CCCn1c(C2CCCN(C(=O)/C=C/c3ccc(C)o3)C2)nc2ccccc21. The first-order chi connectivity index (χ1) is 13.7. The zero-order valence-corrected chi connectivity index (χ0v) is 16.6. The minimum absolute atomic E-state index is 0.0388. The summed E-state index contributed by atoms with van der Waals surface area (Å²) in [5, 5.41) is 0. The van der Waals surface area contributed by atoms with Crippen LogP contribution in [0.1, 0.15) is 49.4 Å². The molecule has 146 valence electrons. The molecule has 1 aliphatic rings. The third-order valence-corrected chi connectivity index (χ3v) is 5.38. The van der Waals surface area contributed by atoms with Crippen LogP contribution in [0.2, 0.25) is 0 Å². The fourth-order valence-corrected chi connectivity index (χ4v) is 4.05. The van der Waals surface area contributed by atoms with Crippen LogP contribution in [0.15, 0.2) is 46.9 Å². The van der Waals surface area contributed by atoms with E-state index in [1.165, 1.54) is 5.52 Å². The van der Waals surface area contributed by atoms with Crippen molar-refractivity contribution in [1.29, 1.82) is 0 Å². The zero-order valence-electron chi connectivity index (χ0n) is 16.6. The van der Waals surface area contributed by atoms with Gasteiger partial charge in [0.15, 0.2) is 0 Å². The molecule has 3 heterocycles. The Morgan fingerprint density at radius 2 is 2.14 bits per heavy atom. The molecule has 2 aromatic heterocycles. The van der Waals surface area contributed by atoms with Gasteiger partial charge in [-0.3, -0.25) is 4.79 Å². The van der Waals surface area contributed by atoms with E-state index in [0.717, 1.165) is 49.5 Å². The molecule has 0 bridgehead atoms. The molecule has 0 saturated carbocycles. The maximum Gasteiger partial charge on any atom is 0.246 e. The first-order valence-electron chi connectivity index (χ1n) is 10.1. The van der Waals surface area contributed by atoms with E-state index in [9.17, 15) is 4.79 Å². The zero-order chi connectivity index (χ0) is 19.5. The Labute approximate surface area is 165 Å². The first kappa shape index (κ1) is 18.5. The van der Waals surface area contributed by atoms with Crippen molar-refractivity contribution in [3.63, 3.8) is 0 Å². The minimum atomic E-state index is 0.0388. The highest BCUT2D eigenvalue weighted by Gasteiger charge is 2.27. The van der Waals surface area contributed by atoms with Crippen LogP contribution in [0, 0.1) is 6.92 Å². The van der Waals surface area contributed by atoms with Crippen molar-refractivity contribution >= 4 is 23.0 Å². The summed E-state index contributed by atoms with van der Waals surface area (Å²) >= 11 is 0. The first-order valence-corrected chi connectivity index (χ1v) is 10.1. The lowest BCUT2D eigenvalue weighted by molar-refractivity contribution is -0.127. The molecule has 5 nitrogen and oxygen atoms in total. The van der Waals surface area contributed by atoms with Gasteiger partial charge in [-0.2, -0.15) is 0 Å². The third-order valence-electron chi connectivity index (χ3n) is 5.38. The highest BCUT2D eigenvalue weighted by molar-refractivity contribution is 5.91. The molecule has 0 N–H and O–H groups in total. The van der Waals surface area contributed by atoms with Crippen LogP contribution < -0.4 is 0 Å². The Balaban J connectivity index is 1.54. The molecule has 1 unspecified atom stereocenters. The van der Waals surface area contributed by atoms with Crippen LogP contribution in [0.25, 0.3) is 17.1 Å². The molecule has 0 spiro atoms. The van der Waals surface area contributed by atoms with Crippen LogP contribution in [0.3, 0.4) is 0 Å². The second kappa shape index (κ2) is 8.05. The third kappa shape index (κ3) is 3.75. The van der Waals surface area contributed by atoms with Crippen LogP contribution in [0.4, 0.5) is 0 Å². The van der Waals surface area contributed by atoms with Crippen LogP contribution in [-0.2, 0) is 11.3 Å². The van der Waals surface area contributed by atoms with E-state index in [2.05, 4.69) is 29.7 Å². The second-order valence-corrected chi connectivity index (χ2v) is 7.52. The standard InChI is InChI=1S/C23H27N3O2/c1-3-14-26-21-9-5-4-8-20(21)24-23(26)18-7-6-15-25(16-18)22(27)13-12-19-11-10-17(2)28-19/h4-5,8-13,18H,3,6-7,14-16H2,1-2H3/b13-12+. The lowest BCUT2D eigenvalue weighted by Crippen LogP contribution is -2.38. The summed E-state index contributed by atoms with van der Waals surface area (Å²) in [6.45, 7) is 6.56. The average molecular weight is 377 g/mol. The molecule has 5 heteroatoms. The van der Waals surface area contributed by atoms with Gasteiger partial charge >= 0.3 is 0 Å². The predicted molar refractivity (Wildman–Crippen MR) is 111 cm³/mol. The molecule has 1 atom stereocenters. The summed E-state index contributed by atoms with van der Waals surface area (Å²) in [6, 6.07) is 12.1. The monoisotopic (exact) mass is 377 g/mol. The average Bonchev–Trinajstić information content (AvgIpc) is 3.30. The molecular formula is C23H27N3O2. The van der Waals surface area contributed by atoms with Crippen LogP contribution >= 0.6 is 0 Å². The van der Waals surface area contributed by atoms with Crippen LogP contribution in [-0.4, -0.2) is 33.4 Å². The summed E-state index contributed by atoms with van der Waals surface area (Å²) in [5.74, 6) is 2.99. The molecule has 0 radical (unpaired) electrons. The number of likely N-dealkylation sites (tertiary alicyclic amines) is 1. The molecular weight excluding hydrogens is 350 g/mol. The van der Waals surface area contributed by atoms with Crippen molar-refractivity contribution < 1.29 is 9.21 Å². The number of nitrogens with zero attached hydrogens (tertiary/aromatic N) is 3. The molecule has 3 aromatic rings. The number of hydrogen-bond donors (Lipinski definition) is 0. The smallest absolute Gasteiger partial charge is 0.246 e. The van der Waals surface area contributed by atoms with Gasteiger partial charge in [0.1, 0.15) is 17.3 Å². The Hall–Kier alpha value is -2.82. The van der Waals surface area contributed by atoms with Gasteiger partial charge in [-0.15, -0.1) is 0 Å². The van der Waals surface area contributed by atoms with Gasteiger partial charge in [0.05, 0.1) is 11.0 Å². The largest absolute Gasteiger partial charge is 0.462 e. The Morgan fingerprint density at radius 3 is 2.93 bits per heavy atom. The summed E-state index contributed by atoms with van der Waals surface area (Å²) in [4.78, 5) is 19.6. The molecule has 1 amide bonds. The number of imidazole rings is 1. The Bertz CT molecular complexity index is 998. The van der Waals surface area contributed by atoms with Gasteiger partial charge in [0, 0.05) is 31.6 Å². The van der Waals surface area contributed by atoms with Crippen molar-refractivity contribution in [2.24, 2.45) is 0 Å². The van der Waals surface area contributed by atoms with Gasteiger partial charge in [-0.25, -0.2) is 4.98 Å². The number of hydrogen-bond acceptors (Lipinski definition) is 3. The van der Waals surface area contributed by atoms with Gasteiger partial charge < -0.3 is 13.9 Å². The number of piperidine rings is 1. The van der Waals surface area contributed by atoms with Crippen LogP contribution in [0.5, 0.6) is 0 Å². The minimum Gasteiger partial charge on any atom is -0.462 e. The van der Waals surface area contributed by atoms with Crippen molar-refractivity contribution in [1.82, 2.24) is 14.5 Å². The summed E-state index contributed by atoms with van der Waals surface area (Å²) < 4.78 is 7.86. The fraction of sp³-hybridized carbons (Fsp3) is 0.391. The molecule has 4 rings (SSSR count). The number of fused-ring (bicyclic) bond motifs is 1. The summed E-state index contributed by atoms with van der Waals surface area (Å²) in [7, 11) is 0. The number of rotatable bonds is 5. The number of carbonyl (C=O) groups is 1. The highest BCUT2D eigenvalue weighted by Crippen LogP contribution is 2.29. The quantitative estimate of drug-likeness (QED) is 0.602.